The van der Waals surface area contributed by atoms with E-state index < -0.39 is 17.8 Å². The lowest BCUT2D eigenvalue weighted by Crippen LogP contribution is -2.41. The molecule has 0 unspecified atom stereocenters. The predicted molar refractivity (Wildman–Crippen MR) is 126 cm³/mol. The Labute approximate surface area is 200 Å². The summed E-state index contributed by atoms with van der Waals surface area (Å²) >= 11 is 6.29. The minimum absolute atomic E-state index is 0.0803. The summed E-state index contributed by atoms with van der Waals surface area (Å²) in [5.41, 5.74) is 8.40. The molecule has 0 saturated heterocycles. The number of rotatable bonds is 4. The summed E-state index contributed by atoms with van der Waals surface area (Å²) in [4.78, 5) is 28.6. The molecule has 3 aromatic rings. The van der Waals surface area contributed by atoms with Crippen LogP contribution in [0.2, 0.25) is 5.02 Å². The van der Waals surface area contributed by atoms with Gasteiger partial charge in [0.25, 0.3) is 5.91 Å². The van der Waals surface area contributed by atoms with Gasteiger partial charge in [-0.2, -0.15) is 10.4 Å². The molecular formula is C23H21ClFN7O2. The van der Waals surface area contributed by atoms with Crippen molar-refractivity contribution < 1.29 is 14.0 Å². The highest BCUT2D eigenvalue weighted by molar-refractivity contribution is 6.31. The fraction of sp³-hybridized carbons (Fsp3) is 0.217. The first kappa shape index (κ1) is 23.1. The molecule has 2 heterocycles. The van der Waals surface area contributed by atoms with Crippen LogP contribution >= 0.6 is 11.6 Å². The first-order chi connectivity index (χ1) is 16.2. The molecule has 34 heavy (non-hydrogen) atoms. The molecule has 174 valence electrons. The normalized spacial score (nSPS) is 12.6. The van der Waals surface area contributed by atoms with Crippen LogP contribution in [0.3, 0.4) is 0 Å². The van der Waals surface area contributed by atoms with E-state index in [0.29, 0.717) is 35.1 Å². The van der Waals surface area contributed by atoms with Gasteiger partial charge in [0.2, 0.25) is 0 Å². The number of nitrogens with one attached hydrogen (secondary N) is 1. The number of hydrogen-bond acceptors (Lipinski definition) is 5. The fourth-order valence-electron chi connectivity index (χ4n) is 3.81. The van der Waals surface area contributed by atoms with E-state index in [1.165, 1.54) is 17.0 Å². The molecule has 11 heteroatoms. The maximum absolute atomic E-state index is 13.9. The third-order valence-electron chi connectivity index (χ3n) is 5.53. The zero-order valence-electron chi connectivity index (χ0n) is 18.5. The third kappa shape index (κ3) is 4.38. The number of benzene rings is 2. The molecule has 3 N–H and O–H groups in total. The Bertz CT molecular complexity index is 1350. The zero-order valence-corrected chi connectivity index (χ0v) is 19.2. The van der Waals surface area contributed by atoms with Gasteiger partial charge in [-0.15, -0.1) is 0 Å². The number of amides is 3. The Morgan fingerprint density at radius 1 is 1.24 bits per heavy atom. The Hall–Kier alpha value is -4.10. The molecule has 1 aliphatic heterocycles. The van der Waals surface area contributed by atoms with Crippen LogP contribution in [0, 0.1) is 17.1 Å². The van der Waals surface area contributed by atoms with Gasteiger partial charge in [0.1, 0.15) is 17.6 Å². The standard InChI is InChI=1S/C23H21ClFN7O2/c1-30(2)17-8-14(7-15(24)9-17)21-20(22(27)33)19-12-31(5-6-32(19)29-21)23(34)28-16-4-3-13(11-26)18(25)10-16/h3-4,7-10H,5-6,12H2,1-2H3,(H2,27,33)(H,28,34). The van der Waals surface area contributed by atoms with Gasteiger partial charge in [0.05, 0.1) is 29.9 Å². The summed E-state index contributed by atoms with van der Waals surface area (Å²) in [6.07, 6.45) is 0. The average Bonchev–Trinajstić information content (AvgIpc) is 3.18. The first-order valence-electron chi connectivity index (χ1n) is 10.3. The number of primary amides is 1. The number of nitrogens with zero attached hydrogens (tertiary/aromatic N) is 5. The molecule has 0 saturated carbocycles. The molecule has 9 nitrogen and oxygen atoms in total. The average molecular weight is 482 g/mol. The van der Waals surface area contributed by atoms with Crippen molar-refractivity contribution in [2.45, 2.75) is 13.1 Å². The fourth-order valence-corrected chi connectivity index (χ4v) is 4.04. The highest BCUT2D eigenvalue weighted by Gasteiger charge is 2.30. The molecule has 0 fully saturated rings. The largest absolute Gasteiger partial charge is 0.378 e. The van der Waals surface area contributed by atoms with Crippen LogP contribution < -0.4 is 16.0 Å². The predicted octanol–water partition coefficient (Wildman–Crippen LogP) is 3.43. The summed E-state index contributed by atoms with van der Waals surface area (Å²) in [6.45, 7) is 0.734. The molecule has 0 atom stereocenters. The van der Waals surface area contributed by atoms with Crippen LogP contribution in [0.15, 0.2) is 36.4 Å². The second kappa shape index (κ2) is 9.03. The van der Waals surface area contributed by atoms with Crippen molar-refractivity contribution in [1.29, 1.82) is 5.26 Å². The smallest absolute Gasteiger partial charge is 0.322 e. The number of halogens is 2. The summed E-state index contributed by atoms with van der Waals surface area (Å²) in [5, 5.41) is 16.6. The van der Waals surface area contributed by atoms with Gasteiger partial charge in [0.15, 0.2) is 0 Å². The lowest BCUT2D eigenvalue weighted by atomic mass is 10.0. The van der Waals surface area contributed by atoms with Crippen molar-refractivity contribution in [3.05, 3.63) is 64.1 Å². The molecule has 0 bridgehead atoms. The molecule has 1 aliphatic rings. The van der Waals surface area contributed by atoms with Gasteiger partial charge < -0.3 is 20.9 Å². The highest BCUT2D eigenvalue weighted by atomic mass is 35.5. The van der Waals surface area contributed by atoms with Crippen LogP contribution in [0.25, 0.3) is 11.3 Å². The van der Waals surface area contributed by atoms with E-state index in [0.717, 1.165) is 11.8 Å². The second-order valence-corrected chi connectivity index (χ2v) is 8.44. The number of fused-ring (bicyclic) bond motifs is 1. The first-order valence-corrected chi connectivity index (χ1v) is 10.7. The number of anilines is 2. The van der Waals surface area contributed by atoms with Crippen molar-refractivity contribution in [2.75, 3.05) is 30.9 Å². The number of aromatic nitrogens is 2. The number of carbonyl (C=O) groups excluding carboxylic acids is 2. The maximum atomic E-state index is 13.9. The lowest BCUT2D eigenvalue weighted by Gasteiger charge is -2.28. The SMILES string of the molecule is CN(C)c1cc(Cl)cc(-c2nn3c(c2C(N)=O)CN(C(=O)Nc2ccc(C#N)c(F)c2)CC3)c1. The van der Waals surface area contributed by atoms with Gasteiger partial charge in [-0.25, -0.2) is 9.18 Å². The summed E-state index contributed by atoms with van der Waals surface area (Å²) in [6, 6.07) is 10.4. The molecule has 4 rings (SSSR count). The van der Waals surface area contributed by atoms with Crippen molar-refractivity contribution in [1.82, 2.24) is 14.7 Å². The van der Waals surface area contributed by atoms with E-state index in [2.05, 4.69) is 10.4 Å². The van der Waals surface area contributed by atoms with Gasteiger partial charge in [0, 0.05) is 42.6 Å². The Morgan fingerprint density at radius 2 is 2.00 bits per heavy atom. The van der Waals surface area contributed by atoms with Gasteiger partial charge in [-0.05, 0) is 36.4 Å². The van der Waals surface area contributed by atoms with E-state index in [-0.39, 0.29) is 23.4 Å². The van der Waals surface area contributed by atoms with Crippen molar-refractivity contribution >= 4 is 34.9 Å². The zero-order chi connectivity index (χ0) is 24.6. The maximum Gasteiger partial charge on any atom is 0.322 e. The van der Waals surface area contributed by atoms with E-state index in [4.69, 9.17) is 22.6 Å². The van der Waals surface area contributed by atoms with Crippen LogP contribution in [0.5, 0.6) is 0 Å². The van der Waals surface area contributed by atoms with Crippen LogP contribution in [0.1, 0.15) is 21.6 Å². The van der Waals surface area contributed by atoms with Crippen LogP contribution in [-0.4, -0.2) is 47.3 Å². The number of hydrogen-bond donors (Lipinski definition) is 2. The highest BCUT2D eigenvalue weighted by Crippen LogP contribution is 2.33. The number of urea groups is 1. The van der Waals surface area contributed by atoms with E-state index in [1.807, 2.05) is 25.1 Å². The summed E-state index contributed by atoms with van der Waals surface area (Å²) in [5.74, 6) is -1.39. The van der Waals surface area contributed by atoms with Crippen molar-refractivity contribution in [2.24, 2.45) is 5.73 Å². The van der Waals surface area contributed by atoms with Crippen molar-refractivity contribution in [3.63, 3.8) is 0 Å². The van der Waals surface area contributed by atoms with Crippen LogP contribution in [-0.2, 0) is 13.1 Å². The van der Waals surface area contributed by atoms with Crippen molar-refractivity contribution in [3.8, 4) is 17.3 Å². The number of carbonyl (C=O) groups is 2. The van der Waals surface area contributed by atoms with Gasteiger partial charge in [-0.1, -0.05) is 11.6 Å². The monoisotopic (exact) mass is 481 g/mol. The summed E-state index contributed by atoms with van der Waals surface area (Å²) < 4.78 is 15.6. The molecule has 2 aromatic carbocycles. The molecule has 3 amide bonds. The Balaban J connectivity index is 1.64. The topological polar surface area (TPSA) is 120 Å². The Morgan fingerprint density at radius 3 is 2.65 bits per heavy atom. The molecule has 0 radical (unpaired) electrons. The molecule has 0 spiro atoms. The third-order valence-corrected chi connectivity index (χ3v) is 5.75. The number of nitriles is 1. The van der Waals surface area contributed by atoms with E-state index in [1.54, 1.807) is 22.9 Å². The van der Waals surface area contributed by atoms with Gasteiger partial charge >= 0.3 is 6.03 Å². The number of nitrogens with two attached hydrogens (primary N) is 1. The molecule has 1 aromatic heterocycles. The van der Waals surface area contributed by atoms with E-state index in [9.17, 15) is 14.0 Å². The van der Waals surface area contributed by atoms with Gasteiger partial charge in [-0.3, -0.25) is 9.48 Å². The molecular weight excluding hydrogens is 461 g/mol. The van der Waals surface area contributed by atoms with Crippen LogP contribution in [0.4, 0.5) is 20.6 Å². The quantitative estimate of drug-likeness (QED) is 0.591. The van der Waals surface area contributed by atoms with E-state index >= 15 is 0 Å². The lowest BCUT2D eigenvalue weighted by molar-refractivity contribution is 0.0997. The minimum Gasteiger partial charge on any atom is -0.378 e. The summed E-state index contributed by atoms with van der Waals surface area (Å²) in [7, 11) is 3.75. The minimum atomic E-state index is -0.726. The Kier molecular flexibility index (Phi) is 6.13. The molecule has 0 aliphatic carbocycles. The second-order valence-electron chi connectivity index (χ2n) is 8.01.